The van der Waals surface area contributed by atoms with Crippen molar-refractivity contribution in [3.63, 3.8) is 0 Å². The molecule has 0 spiro atoms. The molecule has 0 unspecified atom stereocenters. The largest absolute Gasteiger partial charge is 0.395 e. The van der Waals surface area contributed by atoms with Gasteiger partial charge in [-0.15, -0.1) is 0 Å². The van der Waals surface area contributed by atoms with Gasteiger partial charge in [0, 0.05) is 12.6 Å². The first kappa shape index (κ1) is 11.8. The molecule has 0 aromatic heterocycles. The van der Waals surface area contributed by atoms with E-state index in [1.165, 1.54) is 4.90 Å². The number of rotatable bonds is 4. The molecule has 1 aliphatic carbocycles. The maximum atomic E-state index is 13.7. The molecule has 0 saturated heterocycles. The standard InChI is InChI=1S/C12H12F2N2O/c13-10-5-8(7-15)6-11(14)12(10)16(3-4-17)9-1-2-9/h5-6,9,17H,1-4H2. The second-order valence-corrected chi connectivity index (χ2v) is 4.05. The number of halogens is 2. The topological polar surface area (TPSA) is 47.3 Å². The minimum Gasteiger partial charge on any atom is -0.395 e. The number of aliphatic hydroxyl groups is 1. The lowest BCUT2D eigenvalue weighted by Crippen LogP contribution is -2.30. The monoisotopic (exact) mass is 238 g/mol. The van der Waals surface area contributed by atoms with Crippen LogP contribution in [0.2, 0.25) is 0 Å². The van der Waals surface area contributed by atoms with E-state index >= 15 is 0 Å². The Morgan fingerprint density at radius 2 is 1.94 bits per heavy atom. The van der Waals surface area contributed by atoms with Gasteiger partial charge in [-0.25, -0.2) is 8.78 Å². The van der Waals surface area contributed by atoms with Crippen molar-refractivity contribution >= 4 is 5.69 Å². The third-order valence-corrected chi connectivity index (χ3v) is 2.76. The van der Waals surface area contributed by atoms with Crippen LogP contribution < -0.4 is 4.90 Å². The van der Waals surface area contributed by atoms with E-state index < -0.39 is 11.6 Å². The molecule has 1 aliphatic rings. The molecule has 0 aliphatic heterocycles. The number of hydrogen-bond acceptors (Lipinski definition) is 3. The zero-order chi connectivity index (χ0) is 12.4. The lowest BCUT2D eigenvalue weighted by atomic mass is 10.2. The third-order valence-electron chi connectivity index (χ3n) is 2.76. The molecule has 1 fully saturated rings. The van der Waals surface area contributed by atoms with Crippen LogP contribution in [0.5, 0.6) is 0 Å². The Kier molecular flexibility index (Phi) is 3.25. The van der Waals surface area contributed by atoms with E-state index in [2.05, 4.69) is 0 Å². The molecule has 0 radical (unpaired) electrons. The van der Waals surface area contributed by atoms with Gasteiger partial charge in [-0.2, -0.15) is 5.26 Å². The van der Waals surface area contributed by atoms with Crippen molar-refractivity contribution in [3.8, 4) is 6.07 Å². The van der Waals surface area contributed by atoms with Crippen molar-refractivity contribution in [1.82, 2.24) is 0 Å². The van der Waals surface area contributed by atoms with Crippen molar-refractivity contribution in [2.45, 2.75) is 18.9 Å². The van der Waals surface area contributed by atoms with Gasteiger partial charge in [-0.1, -0.05) is 0 Å². The molecule has 90 valence electrons. The lowest BCUT2D eigenvalue weighted by molar-refractivity contribution is 0.300. The average molecular weight is 238 g/mol. The fourth-order valence-electron chi connectivity index (χ4n) is 1.88. The van der Waals surface area contributed by atoms with Crippen LogP contribution in [-0.4, -0.2) is 24.3 Å². The van der Waals surface area contributed by atoms with Gasteiger partial charge in [0.1, 0.15) is 5.69 Å². The van der Waals surface area contributed by atoms with E-state index in [1.54, 1.807) is 6.07 Å². The van der Waals surface area contributed by atoms with E-state index in [0.717, 1.165) is 25.0 Å². The Hall–Kier alpha value is -1.67. The lowest BCUT2D eigenvalue weighted by Gasteiger charge is -2.24. The Balaban J connectivity index is 2.39. The van der Waals surface area contributed by atoms with E-state index in [-0.39, 0.29) is 30.4 Å². The summed E-state index contributed by atoms with van der Waals surface area (Å²) >= 11 is 0. The molecule has 0 bridgehead atoms. The summed E-state index contributed by atoms with van der Waals surface area (Å²) in [5.74, 6) is -1.50. The molecule has 2 rings (SSSR count). The predicted octanol–water partition coefficient (Wildman–Crippen LogP) is 1.80. The van der Waals surface area contributed by atoms with Crippen molar-refractivity contribution < 1.29 is 13.9 Å². The smallest absolute Gasteiger partial charge is 0.150 e. The van der Waals surface area contributed by atoms with Crippen molar-refractivity contribution in [2.24, 2.45) is 0 Å². The summed E-state index contributed by atoms with van der Waals surface area (Å²) in [6, 6.07) is 3.84. The van der Waals surface area contributed by atoms with Gasteiger partial charge in [0.15, 0.2) is 11.6 Å². The Morgan fingerprint density at radius 3 is 2.35 bits per heavy atom. The second kappa shape index (κ2) is 4.68. The van der Waals surface area contributed by atoms with Crippen LogP contribution in [0.3, 0.4) is 0 Å². The summed E-state index contributed by atoms with van der Waals surface area (Å²) in [7, 11) is 0. The van der Waals surface area contributed by atoms with Gasteiger partial charge in [0.25, 0.3) is 0 Å². The summed E-state index contributed by atoms with van der Waals surface area (Å²) in [5, 5.41) is 17.5. The van der Waals surface area contributed by atoms with Gasteiger partial charge < -0.3 is 10.0 Å². The highest BCUT2D eigenvalue weighted by Crippen LogP contribution is 2.34. The van der Waals surface area contributed by atoms with Crippen LogP contribution >= 0.6 is 0 Å². The molecule has 1 aromatic rings. The first-order chi connectivity index (χ1) is 8.17. The average Bonchev–Trinajstić information content (AvgIpc) is 3.10. The number of nitriles is 1. The molecule has 5 heteroatoms. The van der Waals surface area contributed by atoms with Crippen LogP contribution in [0.4, 0.5) is 14.5 Å². The maximum absolute atomic E-state index is 13.7. The number of benzene rings is 1. The van der Waals surface area contributed by atoms with Crippen LogP contribution in [0, 0.1) is 23.0 Å². The minimum atomic E-state index is -0.748. The van der Waals surface area contributed by atoms with E-state index in [1.807, 2.05) is 0 Å². The van der Waals surface area contributed by atoms with E-state index in [9.17, 15) is 8.78 Å². The van der Waals surface area contributed by atoms with Crippen molar-refractivity contribution in [1.29, 1.82) is 5.26 Å². The molecule has 0 heterocycles. The normalized spacial score (nSPS) is 14.5. The highest BCUT2D eigenvalue weighted by Gasteiger charge is 2.32. The highest BCUT2D eigenvalue weighted by atomic mass is 19.1. The maximum Gasteiger partial charge on any atom is 0.150 e. The number of hydrogen-bond donors (Lipinski definition) is 1. The molecule has 0 atom stereocenters. The number of anilines is 1. The number of aliphatic hydroxyl groups excluding tert-OH is 1. The van der Waals surface area contributed by atoms with Crippen LogP contribution in [0.1, 0.15) is 18.4 Å². The summed E-state index contributed by atoms with van der Waals surface area (Å²) in [5.41, 5.74) is -0.177. The van der Waals surface area contributed by atoms with Gasteiger partial charge in [-0.3, -0.25) is 0 Å². The number of nitrogens with zero attached hydrogens (tertiary/aromatic N) is 2. The quantitative estimate of drug-likeness (QED) is 0.870. The second-order valence-electron chi connectivity index (χ2n) is 4.05. The van der Waals surface area contributed by atoms with Gasteiger partial charge in [0.05, 0.1) is 18.2 Å². The molecule has 1 saturated carbocycles. The van der Waals surface area contributed by atoms with Crippen LogP contribution in [-0.2, 0) is 0 Å². The summed E-state index contributed by atoms with van der Waals surface area (Å²) in [6.07, 6.45) is 1.75. The highest BCUT2D eigenvalue weighted by molar-refractivity contribution is 5.54. The Labute approximate surface area is 97.9 Å². The summed E-state index contributed by atoms with van der Waals surface area (Å²) < 4.78 is 27.5. The van der Waals surface area contributed by atoms with Crippen molar-refractivity contribution in [3.05, 3.63) is 29.3 Å². The fraction of sp³-hybridized carbons (Fsp3) is 0.417. The minimum absolute atomic E-state index is 0.0384. The zero-order valence-corrected chi connectivity index (χ0v) is 9.16. The van der Waals surface area contributed by atoms with Gasteiger partial charge in [-0.05, 0) is 25.0 Å². The Bertz CT molecular complexity index is 443. The van der Waals surface area contributed by atoms with Crippen molar-refractivity contribution in [2.75, 3.05) is 18.1 Å². The molecule has 3 nitrogen and oxygen atoms in total. The predicted molar refractivity (Wildman–Crippen MR) is 58.5 cm³/mol. The molecule has 1 N–H and O–H groups in total. The third kappa shape index (κ3) is 2.37. The molecule has 0 amide bonds. The molecular formula is C12H12F2N2O. The first-order valence-corrected chi connectivity index (χ1v) is 5.44. The Morgan fingerprint density at radius 1 is 1.35 bits per heavy atom. The SMILES string of the molecule is N#Cc1cc(F)c(N(CCO)C2CC2)c(F)c1. The van der Waals surface area contributed by atoms with Gasteiger partial charge in [0.2, 0.25) is 0 Å². The van der Waals surface area contributed by atoms with E-state index in [4.69, 9.17) is 10.4 Å². The summed E-state index contributed by atoms with van der Waals surface area (Å²) in [4.78, 5) is 1.53. The van der Waals surface area contributed by atoms with E-state index in [0.29, 0.717) is 0 Å². The van der Waals surface area contributed by atoms with Crippen LogP contribution in [0.25, 0.3) is 0 Å². The summed E-state index contributed by atoms with van der Waals surface area (Å²) in [6.45, 7) is 0.0415. The van der Waals surface area contributed by atoms with Crippen LogP contribution in [0.15, 0.2) is 12.1 Å². The fourth-order valence-corrected chi connectivity index (χ4v) is 1.88. The molecule has 17 heavy (non-hydrogen) atoms. The zero-order valence-electron chi connectivity index (χ0n) is 9.16. The molecular weight excluding hydrogens is 226 g/mol. The first-order valence-electron chi connectivity index (χ1n) is 5.44. The molecule has 1 aromatic carbocycles. The van der Waals surface area contributed by atoms with Gasteiger partial charge >= 0.3 is 0 Å².